The zero-order valence-electron chi connectivity index (χ0n) is 26.5. The lowest BCUT2D eigenvalue weighted by Gasteiger charge is -2.35. The maximum absolute atomic E-state index is 14.3. The molecule has 2 aliphatic carbocycles. The molecule has 46 heavy (non-hydrogen) atoms. The largest absolute Gasteiger partial charge is 0.495 e. The molecule has 1 aromatic carbocycles. The average molecular weight is 657 g/mol. The molecule has 0 bridgehead atoms. The van der Waals surface area contributed by atoms with Crippen molar-refractivity contribution in [3.05, 3.63) is 42.1 Å². The monoisotopic (exact) mass is 656 g/mol. The number of aromatic nitrogens is 1. The van der Waals surface area contributed by atoms with Gasteiger partial charge in [-0.05, 0) is 55.7 Å². The first kappa shape index (κ1) is 33.3. The molecule has 1 saturated heterocycles. The van der Waals surface area contributed by atoms with Gasteiger partial charge >= 0.3 is 12.1 Å². The molecule has 3 fully saturated rings. The number of pyridine rings is 1. The van der Waals surface area contributed by atoms with Crippen molar-refractivity contribution in [3.8, 4) is 11.6 Å². The van der Waals surface area contributed by atoms with Crippen LogP contribution in [-0.2, 0) is 19.1 Å². The molecule has 3 amide bonds. The first-order valence-electron chi connectivity index (χ1n) is 15.5. The number of nitrogens with zero attached hydrogens (tertiary/aromatic N) is 2. The molecule has 13 heteroatoms. The summed E-state index contributed by atoms with van der Waals surface area (Å²) < 4.78 is 17.2. The van der Waals surface area contributed by atoms with Crippen LogP contribution in [-0.4, -0.2) is 82.4 Å². The van der Waals surface area contributed by atoms with Crippen LogP contribution < -0.4 is 20.1 Å². The van der Waals surface area contributed by atoms with Crippen molar-refractivity contribution in [3.63, 3.8) is 0 Å². The fourth-order valence-electron chi connectivity index (χ4n) is 6.40. The van der Waals surface area contributed by atoms with Crippen molar-refractivity contribution in [1.29, 1.82) is 0 Å². The fraction of sp³-hybridized carbons (Fsp3) is 0.545. The van der Waals surface area contributed by atoms with Gasteiger partial charge in [0.1, 0.15) is 35.6 Å². The van der Waals surface area contributed by atoms with Gasteiger partial charge in [-0.3, -0.25) is 9.59 Å². The summed E-state index contributed by atoms with van der Waals surface area (Å²) in [5.74, 6) is -2.03. The van der Waals surface area contributed by atoms with Gasteiger partial charge in [0, 0.05) is 29.3 Å². The van der Waals surface area contributed by atoms with Crippen LogP contribution in [0, 0.1) is 11.3 Å². The van der Waals surface area contributed by atoms with Crippen molar-refractivity contribution >= 4 is 46.3 Å². The van der Waals surface area contributed by atoms with E-state index in [-0.39, 0.29) is 31.4 Å². The Kier molecular flexibility index (Phi) is 9.40. The van der Waals surface area contributed by atoms with Gasteiger partial charge in [0.05, 0.1) is 18.7 Å². The number of fused-ring (bicyclic) bond motifs is 1. The molecule has 1 aromatic heterocycles. The summed E-state index contributed by atoms with van der Waals surface area (Å²) in [6.07, 6.45) is 5.18. The van der Waals surface area contributed by atoms with Gasteiger partial charge in [-0.2, -0.15) is 0 Å². The van der Waals surface area contributed by atoms with Crippen molar-refractivity contribution in [1.82, 2.24) is 20.5 Å². The van der Waals surface area contributed by atoms with Crippen molar-refractivity contribution in [2.24, 2.45) is 11.3 Å². The highest BCUT2D eigenvalue weighted by atomic mass is 35.5. The Bertz CT molecular complexity index is 1540. The van der Waals surface area contributed by atoms with E-state index in [9.17, 15) is 24.3 Å². The standard InChI is InChI=1S/C33H41ClN4O8/c1-6-18-16-33(18,30(41)42)37-27(39)23-15-20(45-28-22-11-12-24(44-5)25(34)21(22)13-14-35-28)17-38(23)29(40)26(32(2,3)4)36-31(43)46-19-9-7-8-10-19/h6,11-14,18-20,23,26H,1,7-10,15-17H2,2-5H3,(H,36,43)(H,37,39)(H,41,42). The Morgan fingerprint density at radius 2 is 1.87 bits per heavy atom. The van der Waals surface area contributed by atoms with Crippen LogP contribution in [0.4, 0.5) is 4.79 Å². The number of carbonyl (C=O) groups is 4. The van der Waals surface area contributed by atoms with Crippen LogP contribution in [0.3, 0.4) is 0 Å². The molecule has 3 N–H and O–H groups in total. The Labute approximate surface area is 272 Å². The molecule has 12 nitrogen and oxygen atoms in total. The van der Waals surface area contributed by atoms with Crippen LogP contribution in [0.5, 0.6) is 11.6 Å². The Morgan fingerprint density at radius 3 is 2.48 bits per heavy atom. The van der Waals surface area contributed by atoms with Gasteiger partial charge in [-0.25, -0.2) is 14.6 Å². The Morgan fingerprint density at radius 1 is 1.15 bits per heavy atom. The van der Waals surface area contributed by atoms with Gasteiger partial charge in [-0.1, -0.05) is 38.4 Å². The van der Waals surface area contributed by atoms with Crippen LogP contribution in [0.25, 0.3) is 10.8 Å². The van der Waals surface area contributed by atoms with E-state index in [2.05, 4.69) is 22.2 Å². The average Bonchev–Trinajstić information content (AvgIpc) is 3.28. The van der Waals surface area contributed by atoms with E-state index >= 15 is 0 Å². The van der Waals surface area contributed by atoms with Crippen molar-refractivity contribution in [2.45, 2.75) is 89.1 Å². The minimum absolute atomic E-state index is 0.0181. The highest BCUT2D eigenvalue weighted by molar-refractivity contribution is 6.37. The van der Waals surface area contributed by atoms with E-state index in [4.69, 9.17) is 25.8 Å². The lowest BCUT2D eigenvalue weighted by Crippen LogP contribution is -2.59. The quantitative estimate of drug-likeness (QED) is 0.314. The van der Waals surface area contributed by atoms with E-state index in [0.29, 0.717) is 21.5 Å². The number of likely N-dealkylation sites (tertiary alicyclic amines) is 1. The molecule has 5 rings (SSSR count). The van der Waals surface area contributed by atoms with Crippen LogP contribution in [0.1, 0.15) is 59.3 Å². The predicted octanol–water partition coefficient (Wildman–Crippen LogP) is 4.47. The third-order valence-electron chi connectivity index (χ3n) is 9.13. The maximum atomic E-state index is 14.3. The number of benzene rings is 1. The van der Waals surface area contributed by atoms with Crippen LogP contribution in [0.15, 0.2) is 37.1 Å². The lowest BCUT2D eigenvalue weighted by atomic mass is 9.85. The van der Waals surface area contributed by atoms with Crippen LogP contribution >= 0.6 is 11.6 Å². The number of alkyl carbamates (subject to hydrolysis) is 1. The second-order valence-corrected chi connectivity index (χ2v) is 13.7. The number of carboxylic acid groups (broad SMARTS) is 1. The van der Waals surface area contributed by atoms with Gasteiger partial charge in [0.15, 0.2) is 0 Å². The Balaban J connectivity index is 1.42. The molecular weight excluding hydrogens is 616 g/mol. The summed E-state index contributed by atoms with van der Waals surface area (Å²) in [5.41, 5.74) is -2.25. The maximum Gasteiger partial charge on any atom is 0.408 e. The number of halogens is 1. The van der Waals surface area contributed by atoms with Crippen molar-refractivity contribution in [2.75, 3.05) is 13.7 Å². The number of carbonyl (C=O) groups excluding carboxylic acids is 3. The van der Waals surface area contributed by atoms with E-state index in [1.54, 1.807) is 45.2 Å². The molecule has 1 aliphatic heterocycles. The van der Waals surface area contributed by atoms with Crippen LogP contribution in [0.2, 0.25) is 5.02 Å². The molecule has 248 valence electrons. The topological polar surface area (TPSA) is 156 Å². The normalized spacial score (nSPS) is 25.1. The van der Waals surface area contributed by atoms with E-state index in [0.717, 1.165) is 25.7 Å². The molecular formula is C33H41ClN4O8. The summed E-state index contributed by atoms with van der Waals surface area (Å²) in [6, 6.07) is 3.05. The molecule has 2 aromatic rings. The summed E-state index contributed by atoms with van der Waals surface area (Å²) >= 11 is 6.54. The third kappa shape index (κ3) is 6.58. The smallest absolute Gasteiger partial charge is 0.408 e. The molecule has 5 unspecified atom stereocenters. The molecule has 0 radical (unpaired) electrons. The number of amides is 3. The van der Waals surface area contributed by atoms with E-state index < -0.39 is 58.9 Å². The third-order valence-corrected chi connectivity index (χ3v) is 9.52. The number of methoxy groups -OCH3 is 1. The first-order chi connectivity index (χ1) is 21.8. The highest BCUT2D eigenvalue weighted by Crippen LogP contribution is 2.45. The van der Waals surface area contributed by atoms with Gasteiger partial charge in [0.25, 0.3) is 0 Å². The second-order valence-electron chi connectivity index (χ2n) is 13.3. The number of ether oxygens (including phenoxy) is 3. The summed E-state index contributed by atoms with van der Waals surface area (Å²) in [7, 11) is 1.52. The highest BCUT2D eigenvalue weighted by Gasteiger charge is 2.61. The number of nitrogens with one attached hydrogen (secondary N) is 2. The Hall–Kier alpha value is -4.06. The minimum Gasteiger partial charge on any atom is -0.495 e. The lowest BCUT2D eigenvalue weighted by molar-refractivity contribution is -0.146. The van der Waals surface area contributed by atoms with Gasteiger partial charge < -0.3 is 34.9 Å². The number of hydrogen-bond donors (Lipinski definition) is 3. The van der Waals surface area contributed by atoms with Gasteiger partial charge in [0.2, 0.25) is 17.7 Å². The SMILES string of the molecule is C=CC1CC1(NC(=O)C1CC(Oc2nccc3c(Cl)c(OC)ccc23)CN1C(=O)C(NC(=O)OC1CCCC1)C(C)(C)C)C(=O)O. The number of rotatable bonds is 10. The zero-order chi connectivity index (χ0) is 33.4. The number of hydrogen-bond acceptors (Lipinski definition) is 8. The second kappa shape index (κ2) is 13.0. The summed E-state index contributed by atoms with van der Waals surface area (Å²) in [4.78, 5) is 58.9. The van der Waals surface area contributed by atoms with Crippen molar-refractivity contribution < 1.29 is 38.5 Å². The summed E-state index contributed by atoms with van der Waals surface area (Å²) in [5, 5.41) is 17.0. The first-order valence-corrected chi connectivity index (χ1v) is 15.9. The molecule has 2 saturated carbocycles. The minimum atomic E-state index is -1.49. The number of aliphatic carboxylic acids is 1. The molecule has 5 atom stereocenters. The zero-order valence-corrected chi connectivity index (χ0v) is 27.3. The molecule has 3 aliphatic rings. The predicted molar refractivity (Wildman–Crippen MR) is 170 cm³/mol. The summed E-state index contributed by atoms with van der Waals surface area (Å²) in [6.45, 7) is 9.09. The van der Waals surface area contributed by atoms with Gasteiger partial charge in [-0.15, -0.1) is 6.58 Å². The molecule has 2 heterocycles. The van der Waals surface area contributed by atoms with E-state index in [1.165, 1.54) is 18.1 Å². The van der Waals surface area contributed by atoms with E-state index in [1.807, 2.05) is 0 Å². The number of carboxylic acids is 1. The molecule has 0 spiro atoms. The fourth-order valence-corrected chi connectivity index (χ4v) is 6.70.